The second-order valence-electron chi connectivity index (χ2n) is 3.73. The first-order valence-corrected chi connectivity index (χ1v) is 5.95. The molecule has 1 amide bonds. The Hall–Kier alpha value is -1.76. The molecule has 0 saturated carbocycles. The zero-order valence-electron chi connectivity index (χ0n) is 9.52. The number of benzene rings is 1. The second-order valence-corrected chi connectivity index (χ2v) is 4.58. The molecular formula is C11H10BrFN4O. The van der Waals surface area contributed by atoms with Crippen LogP contribution in [0.25, 0.3) is 0 Å². The molecular weight excluding hydrogens is 303 g/mol. The van der Waals surface area contributed by atoms with Gasteiger partial charge in [-0.15, -0.1) is 5.10 Å². The van der Waals surface area contributed by atoms with Crippen LogP contribution in [0.3, 0.4) is 0 Å². The molecule has 1 aromatic carbocycles. The Morgan fingerprint density at radius 1 is 1.56 bits per heavy atom. The Morgan fingerprint density at radius 2 is 2.33 bits per heavy atom. The maximum absolute atomic E-state index is 13.2. The lowest BCUT2D eigenvalue weighted by Crippen LogP contribution is -2.19. The summed E-state index contributed by atoms with van der Waals surface area (Å²) >= 11 is 3.08. The summed E-state index contributed by atoms with van der Waals surface area (Å²) in [4.78, 5) is 11.7. The van der Waals surface area contributed by atoms with Gasteiger partial charge in [-0.1, -0.05) is 5.21 Å². The summed E-state index contributed by atoms with van der Waals surface area (Å²) in [7, 11) is 0. The van der Waals surface area contributed by atoms with E-state index in [1.54, 1.807) is 13.1 Å². The number of aromatic nitrogens is 3. The molecule has 0 radical (unpaired) electrons. The van der Waals surface area contributed by atoms with Gasteiger partial charge in [-0.25, -0.2) is 9.07 Å². The Labute approximate surface area is 111 Å². The zero-order chi connectivity index (χ0) is 13.1. The van der Waals surface area contributed by atoms with Crippen LogP contribution in [0.1, 0.15) is 5.56 Å². The van der Waals surface area contributed by atoms with Gasteiger partial charge in [0.2, 0.25) is 5.91 Å². The number of nitrogens with one attached hydrogen (secondary N) is 1. The standard InChI is InChI=1S/C11H10BrFN4O/c1-7-4-9(13)8(12)5-10(7)15-11(18)6-17-3-2-14-16-17/h2-5H,6H2,1H3,(H,15,18). The largest absolute Gasteiger partial charge is 0.324 e. The maximum atomic E-state index is 13.2. The van der Waals surface area contributed by atoms with E-state index in [2.05, 4.69) is 31.6 Å². The van der Waals surface area contributed by atoms with Crippen molar-refractivity contribution in [1.29, 1.82) is 0 Å². The summed E-state index contributed by atoms with van der Waals surface area (Å²) in [6.07, 6.45) is 3.08. The van der Waals surface area contributed by atoms with Crippen molar-refractivity contribution in [3.05, 3.63) is 40.4 Å². The summed E-state index contributed by atoms with van der Waals surface area (Å²) in [5.41, 5.74) is 1.22. The van der Waals surface area contributed by atoms with E-state index in [4.69, 9.17) is 0 Å². The van der Waals surface area contributed by atoms with E-state index in [1.165, 1.54) is 23.0 Å². The number of hydrogen-bond donors (Lipinski definition) is 1. The Bertz CT molecular complexity index is 571. The average molecular weight is 313 g/mol. The highest BCUT2D eigenvalue weighted by Crippen LogP contribution is 2.24. The molecule has 2 rings (SSSR count). The zero-order valence-corrected chi connectivity index (χ0v) is 11.1. The summed E-state index contributed by atoms with van der Waals surface area (Å²) in [5, 5.41) is 9.98. The predicted octanol–water partition coefficient (Wildman–Crippen LogP) is 2.13. The molecule has 1 N–H and O–H groups in total. The average Bonchev–Trinajstić information content (AvgIpc) is 2.78. The van der Waals surface area contributed by atoms with Crippen LogP contribution in [-0.4, -0.2) is 20.9 Å². The van der Waals surface area contributed by atoms with Crippen LogP contribution in [0.5, 0.6) is 0 Å². The SMILES string of the molecule is Cc1cc(F)c(Br)cc1NC(=O)Cn1ccnn1. The number of carbonyl (C=O) groups excluding carboxylic acids is 1. The molecule has 1 heterocycles. The summed E-state index contributed by atoms with van der Waals surface area (Å²) < 4.78 is 14.9. The lowest BCUT2D eigenvalue weighted by atomic mass is 10.2. The van der Waals surface area contributed by atoms with Gasteiger partial charge in [-0.2, -0.15) is 0 Å². The highest BCUT2D eigenvalue weighted by molar-refractivity contribution is 9.10. The number of nitrogens with zero attached hydrogens (tertiary/aromatic N) is 3. The summed E-state index contributed by atoms with van der Waals surface area (Å²) in [5.74, 6) is -0.608. The third-order valence-electron chi connectivity index (χ3n) is 2.32. The van der Waals surface area contributed by atoms with Gasteiger partial charge in [0.05, 0.1) is 10.7 Å². The fourth-order valence-electron chi connectivity index (χ4n) is 1.43. The third-order valence-corrected chi connectivity index (χ3v) is 2.93. The van der Waals surface area contributed by atoms with Crippen LogP contribution in [0.2, 0.25) is 0 Å². The minimum Gasteiger partial charge on any atom is -0.324 e. The number of rotatable bonds is 3. The van der Waals surface area contributed by atoms with Gasteiger partial charge in [0.1, 0.15) is 12.4 Å². The molecule has 0 saturated heterocycles. The van der Waals surface area contributed by atoms with Gasteiger partial charge in [-0.05, 0) is 40.5 Å². The topological polar surface area (TPSA) is 59.8 Å². The first-order chi connectivity index (χ1) is 8.56. The number of amides is 1. The van der Waals surface area contributed by atoms with Gasteiger partial charge in [-0.3, -0.25) is 4.79 Å². The Kier molecular flexibility index (Phi) is 3.71. The van der Waals surface area contributed by atoms with E-state index >= 15 is 0 Å². The van der Waals surface area contributed by atoms with E-state index in [0.717, 1.165) is 0 Å². The molecule has 7 heteroatoms. The van der Waals surface area contributed by atoms with Gasteiger partial charge >= 0.3 is 0 Å². The van der Waals surface area contributed by atoms with Crippen LogP contribution in [0, 0.1) is 12.7 Å². The molecule has 0 unspecified atom stereocenters. The van der Waals surface area contributed by atoms with Gasteiger partial charge in [0.15, 0.2) is 0 Å². The van der Waals surface area contributed by atoms with Crippen LogP contribution < -0.4 is 5.32 Å². The first-order valence-electron chi connectivity index (χ1n) is 5.16. The smallest absolute Gasteiger partial charge is 0.246 e. The molecule has 18 heavy (non-hydrogen) atoms. The first kappa shape index (κ1) is 12.7. The molecule has 0 spiro atoms. The van der Waals surface area contributed by atoms with Crippen molar-refractivity contribution < 1.29 is 9.18 Å². The van der Waals surface area contributed by atoms with Crippen molar-refractivity contribution in [2.24, 2.45) is 0 Å². The molecule has 94 valence electrons. The normalized spacial score (nSPS) is 10.4. The molecule has 0 atom stereocenters. The molecule has 2 aromatic rings. The van der Waals surface area contributed by atoms with Crippen molar-refractivity contribution >= 4 is 27.5 Å². The van der Waals surface area contributed by atoms with Crippen LogP contribution in [-0.2, 0) is 11.3 Å². The molecule has 0 fully saturated rings. The van der Waals surface area contributed by atoms with Crippen molar-refractivity contribution in [2.45, 2.75) is 13.5 Å². The van der Waals surface area contributed by atoms with Crippen LogP contribution >= 0.6 is 15.9 Å². The second kappa shape index (κ2) is 5.26. The quantitative estimate of drug-likeness (QED) is 0.944. The lowest BCUT2D eigenvalue weighted by Gasteiger charge is -2.09. The molecule has 0 aliphatic heterocycles. The monoisotopic (exact) mass is 312 g/mol. The summed E-state index contributed by atoms with van der Waals surface area (Å²) in [6, 6.07) is 2.89. The highest BCUT2D eigenvalue weighted by atomic mass is 79.9. The minimum atomic E-state index is -0.359. The predicted molar refractivity (Wildman–Crippen MR) is 67.5 cm³/mol. The lowest BCUT2D eigenvalue weighted by molar-refractivity contribution is -0.116. The number of hydrogen-bond acceptors (Lipinski definition) is 3. The molecule has 0 aliphatic rings. The van der Waals surface area contributed by atoms with Gasteiger partial charge < -0.3 is 5.32 Å². The summed E-state index contributed by atoms with van der Waals surface area (Å²) in [6.45, 7) is 1.79. The van der Waals surface area contributed by atoms with E-state index in [9.17, 15) is 9.18 Å². The number of aryl methyl sites for hydroxylation is 1. The number of carbonyl (C=O) groups is 1. The molecule has 1 aromatic heterocycles. The fraction of sp³-hybridized carbons (Fsp3) is 0.182. The van der Waals surface area contributed by atoms with E-state index in [-0.39, 0.29) is 18.3 Å². The highest BCUT2D eigenvalue weighted by Gasteiger charge is 2.09. The van der Waals surface area contributed by atoms with Crippen LogP contribution in [0.4, 0.5) is 10.1 Å². The molecule has 0 aliphatic carbocycles. The van der Waals surface area contributed by atoms with Crippen molar-refractivity contribution in [3.63, 3.8) is 0 Å². The minimum absolute atomic E-state index is 0.0639. The van der Waals surface area contributed by atoms with E-state index < -0.39 is 0 Å². The number of halogens is 2. The van der Waals surface area contributed by atoms with E-state index in [0.29, 0.717) is 15.7 Å². The third kappa shape index (κ3) is 2.92. The van der Waals surface area contributed by atoms with E-state index in [1.807, 2.05) is 0 Å². The van der Waals surface area contributed by atoms with Crippen LogP contribution in [0.15, 0.2) is 29.0 Å². The van der Waals surface area contributed by atoms with Crippen molar-refractivity contribution in [1.82, 2.24) is 15.0 Å². The maximum Gasteiger partial charge on any atom is 0.246 e. The molecule has 0 bridgehead atoms. The van der Waals surface area contributed by atoms with Crippen molar-refractivity contribution in [3.8, 4) is 0 Å². The Morgan fingerprint density at radius 3 is 3.00 bits per heavy atom. The molecule has 5 nitrogen and oxygen atoms in total. The fourth-order valence-corrected chi connectivity index (χ4v) is 1.78. The Balaban J connectivity index is 2.09. The number of anilines is 1. The van der Waals surface area contributed by atoms with Gasteiger partial charge in [0.25, 0.3) is 0 Å². The van der Waals surface area contributed by atoms with Gasteiger partial charge in [0, 0.05) is 11.9 Å². The van der Waals surface area contributed by atoms with Crippen molar-refractivity contribution in [2.75, 3.05) is 5.32 Å².